The lowest BCUT2D eigenvalue weighted by atomic mass is 11.0. The molecule has 3 atom stereocenters. The van der Waals surface area contributed by atoms with Gasteiger partial charge in [-0.15, -0.1) is 13.2 Å². The molecule has 0 radical (unpaired) electrons. The molecule has 0 spiro atoms. The van der Waals surface area contributed by atoms with Gasteiger partial charge in [0, 0.05) is 0 Å². The molecule has 0 aliphatic carbocycles. The lowest BCUT2D eigenvalue weighted by molar-refractivity contribution is 1.22. The molecule has 82 valence electrons. The quantitative estimate of drug-likeness (QED) is 0.662. The van der Waals surface area contributed by atoms with Crippen LogP contribution in [0.25, 0.3) is 0 Å². The maximum absolute atomic E-state index is 3.95. The molecule has 14 heavy (non-hydrogen) atoms. The standard InChI is InChI=1S/C9H24N2Si3/c1-7-12(4)10-14(6,9-3)11-13(5)8-2/h7,9-13H,1,3,8H2,2,4-6H3. The summed E-state index contributed by atoms with van der Waals surface area (Å²) in [5.74, 6) is 0. The molecule has 5 heteroatoms. The lowest BCUT2D eigenvalue weighted by Crippen LogP contribution is -2.65. The van der Waals surface area contributed by atoms with Crippen LogP contribution in [0.1, 0.15) is 6.92 Å². The molecule has 0 heterocycles. The highest BCUT2D eigenvalue weighted by molar-refractivity contribution is 6.93. The summed E-state index contributed by atoms with van der Waals surface area (Å²) in [6.45, 7) is 17.0. The van der Waals surface area contributed by atoms with Gasteiger partial charge in [-0.1, -0.05) is 37.5 Å². The van der Waals surface area contributed by atoms with Gasteiger partial charge in [-0.3, -0.25) is 0 Å². The van der Waals surface area contributed by atoms with Gasteiger partial charge >= 0.3 is 0 Å². The van der Waals surface area contributed by atoms with Gasteiger partial charge in [0.1, 0.15) is 8.96 Å². The zero-order chi connectivity index (χ0) is 11.2. The van der Waals surface area contributed by atoms with E-state index in [2.05, 4.69) is 60.4 Å². The fourth-order valence-electron chi connectivity index (χ4n) is 1.31. The molecule has 0 rings (SSSR count). The second kappa shape index (κ2) is 6.52. The van der Waals surface area contributed by atoms with Crippen molar-refractivity contribution in [3.8, 4) is 0 Å². The van der Waals surface area contributed by atoms with Crippen molar-refractivity contribution in [3.63, 3.8) is 0 Å². The Bertz CT molecular complexity index is 198. The fraction of sp³-hybridized carbons (Fsp3) is 0.556. The summed E-state index contributed by atoms with van der Waals surface area (Å²) < 4.78 is 7.52. The van der Waals surface area contributed by atoms with E-state index < -0.39 is 26.3 Å². The van der Waals surface area contributed by atoms with Crippen LogP contribution in [0, 0.1) is 0 Å². The Morgan fingerprint density at radius 1 is 1.29 bits per heavy atom. The van der Waals surface area contributed by atoms with Crippen molar-refractivity contribution in [2.45, 2.75) is 32.6 Å². The third kappa shape index (κ3) is 5.06. The van der Waals surface area contributed by atoms with Crippen LogP contribution < -0.4 is 9.30 Å². The second-order valence-electron chi connectivity index (χ2n) is 4.03. The van der Waals surface area contributed by atoms with Crippen LogP contribution in [-0.2, 0) is 0 Å². The number of nitrogens with one attached hydrogen (secondary N) is 2. The van der Waals surface area contributed by atoms with Crippen LogP contribution >= 0.6 is 0 Å². The van der Waals surface area contributed by atoms with Gasteiger partial charge in [-0.05, 0) is 6.55 Å². The molecule has 2 N–H and O–H groups in total. The molecule has 2 nitrogen and oxygen atoms in total. The predicted molar refractivity (Wildman–Crippen MR) is 74.8 cm³/mol. The Hall–Kier alpha value is 0.0506. The minimum Gasteiger partial charge on any atom is -0.347 e. The summed E-state index contributed by atoms with van der Waals surface area (Å²) >= 11 is 0. The first-order valence-electron chi connectivity index (χ1n) is 5.29. The van der Waals surface area contributed by atoms with E-state index in [4.69, 9.17) is 0 Å². The van der Waals surface area contributed by atoms with E-state index in [9.17, 15) is 0 Å². The predicted octanol–water partition coefficient (Wildman–Crippen LogP) is 1.42. The van der Waals surface area contributed by atoms with Gasteiger partial charge in [0.2, 0.25) is 8.40 Å². The zero-order valence-electron chi connectivity index (χ0n) is 9.93. The molecule has 0 saturated carbocycles. The summed E-state index contributed by atoms with van der Waals surface area (Å²) in [6.07, 6.45) is 0. The molecule has 0 aromatic rings. The fourth-order valence-corrected chi connectivity index (χ4v) is 12.5. The Labute approximate surface area is 93.0 Å². The van der Waals surface area contributed by atoms with E-state index in [0.717, 1.165) is 0 Å². The summed E-state index contributed by atoms with van der Waals surface area (Å²) in [7, 11) is -3.23. The SMILES string of the molecule is C=C[SiH](C)N[Si](C)(C=C)N[SiH](C)CC. The maximum Gasteiger partial charge on any atom is 0.209 e. The minimum absolute atomic E-state index is 0.728. The van der Waals surface area contributed by atoms with Gasteiger partial charge in [0.25, 0.3) is 0 Å². The highest BCUT2D eigenvalue weighted by atomic mass is 28.4. The second-order valence-corrected chi connectivity index (χ2v) is 13.8. The minimum atomic E-state index is -1.58. The van der Waals surface area contributed by atoms with E-state index in [-0.39, 0.29) is 0 Å². The highest BCUT2D eigenvalue weighted by Gasteiger charge is 2.26. The van der Waals surface area contributed by atoms with E-state index in [1.54, 1.807) is 0 Å². The summed E-state index contributed by atoms with van der Waals surface area (Å²) in [5, 5.41) is 0. The summed E-state index contributed by atoms with van der Waals surface area (Å²) in [6, 6.07) is 1.29. The van der Waals surface area contributed by atoms with Crippen molar-refractivity contribution in [2.24, 2.45) is 0 Å². The van der Waals surface area contributed by atoms with E-state index in [0.29, 0.717) is 0 Å². The van der Waals surface area contributed by atoms with E-state index in [1.807, 2.05) is 0 Å². The van der Waals surface area contributed by atoms with Crippen LogP contribution in [0.4, 0.5) is 0 Å². The Kier molecular flexibility index (Phi) is 6.54. The van der Waals surface area contributed by atoms with E-state index >= 15 is 0 Å². The molecule has 0 aromatic heterocycles. The molecule has 0 aromatic carbocycles. The number of rotatable bonds is 7. The van der Waals surface area contributed by atoms with Crippen molar-refractivity contribution < 1.29 is 0 Å². The summed E-state index contributed by atoms with van der Waals surface area (Å²) in [5.41, 5.74) is 4.19. The van der Waals surface area contributed by atoms with Crippen LogP contribution in [0.15, 0.2) is 24.6 Å². The third-order valence-electron chi connectivity index (χ3n) is 2.45. The highest BCUT2D eigenvalue weighted by Crippen LogP contribution is 1.99. The molecular weight excluding hydrogens is 220 g/mol. The molecular formula is C9H24N2Si3. The topological polar surface area (TPSA) is 24.1 Å². The van der Waals surface area contributed by atoms with Gasteiger partial charge in [0.05, 0.1) is 8.96 Å². The first-order valence-corrected chi connectivity index (χ1v) is 12.8. The van der Waals surface area contributed by atoms with Crippen molar-refractivity contribution >= 4 is 26.3 Å². The van der Waals surface area contributed by atoms with Crippen LogP contribution in [0.2, 0.25) is 25.7 Å². The molecule has 0 bridgehead atoms. The molecule has 0 saturated heterocycles. The molecule has 0 aliphatic heterocycles. The van der Waals surface area contributed by atoms with Gasteiger partial charge in [0.15, 0.2) is 0 Å². The first-order chi connectivity index (χ1) is 6.47. The van der Waals surface area contributed by atoms with Crippen molar-refractivity contribution in [1.29, 1.82) is 0 Å². The number of hydrogen-bond donors (Lipinski definition) is 2. The van der Waals surface area contributed by atoms with Gasteiger partial charge in [-0.25, -0.2) is 0 Å². The molecule has 0 amide bonds. The van der Waals surface area contributed by atoms with E-state index in [1.165, 1.54) is 6.04 Å². The third-order valence-corrected chi connectivity index (χ3v) is 13.8. The Balaban J connectivity index is 4.31. The normalized spacial score (nSPS) is 19.4. The monoisotopic (exact) mass is 244 g/mol. The zero-order valence-corrected chi connectivity index (χ0v) is 13.2. The lowest BCUT2D eigenvalue weighted by Gasteiger charge is -2.31. The average molecular weight is 245 g/mol. The largest absolute Gasteiger partial charge is 0.347 e. The number of hydrogen-bond acceptors (Lipinski definition) is 2. The van der Waals surface area contributed by atoms with Crippen molar-refractivity contribution in [3.05, 3.63) is 24.6 Å². The first kappa shape index (κ1) is 14.1. The maximum atomic E-state index is 3.95. The van der Waals surface area contributed by atoms with Gasteiger partial charge < -0.3 is 9.30 Å². The molecule has 3 unspecified atom stereocenters. The van der Waals surface area contributed by atoms with Crippen molar-refractivity contribution in [1.82, 2.24) is 9.30 Å². The van der Waals surface area contributed by atoms with Crippen LogP contribution in [0.5, 0.6) is 0 Å². The van der Waals surface area contributed by atoms with Crippen LogP contribution in [-0.4, -0.2) is 26.3 Å². The Morgan fingerprint density at radius 2 is 1.86 bits per heavy atom. The van der Waals surface area contributed by atoms with Crippen molar-refractivity contribution in [2.75, 3.05) is 0 Å². The Morgan fingerprint density at radius 3 is 2.21 bits per heavy atom. The summed E-state index contributed by atoms with van der Waals surface area (Å²) in [4.78, 5) is 0. The van der Waals surface area contributed by atoms with Gasteiger partial charge in [-0.2, -0.15) is 0 Å². The molecule has 0 fully saturated rings. The smallest absolute Gasteiger partial charge is 0.209 e. The average Bonchev–Trinajstić information content (AvgIpc) is 2.17. The molecule has 0 aliphatic rings. The van der Waals surface area contributed by atoms with Crippen LogP contribution in [0.3, 0.4) is 0 Å².